The Morgan fingerprint density at radius 1 is 1.14 bits per heavy atom. The number of pyridine rings is 1. The molecule has 0 aliphatic carbocycles. The number of ether oxygens (including phenoxy) is 3. The summed E-state index contributed by atoms with van der Waals surface area (Å²) in [4.78, 5) is 22.4. The number of hydrogen-bond donors (Lipinski definition) is 1. The lowest BCUT2D eigenvalue weighted by Crippen LogP contribution is -2.47. The van der Waals surface area contributed by atoms with Gasteiger partial charge in [-0.3, -0.25) is 14.7 Å². The van der Waals surface area contributed by atoms with Crippen LogP contribution < -0.4 is 19.5 Å². The molecule has 4 rings (SSSR count). The summed E-state index contributed by atoms with van der Waals surface area (Å²) in [5.74, 6) is 2.53. The van der Waals surface area contributed by atoms with Gasteiger partial charge in [-0.2, -0.15) is 0 Å². The summed E-state index contributed by atoms with van der Waals surface area (Å²) in [5.41, 5.74) is 2.09. The first kappa shape index (κ1) is 27.2. The second kappa shape index (κ2) is 13.1. The Balaban J connectivity index is 1.39. The lowest BCUT2D eigenvalue weighted by molar-refractivity contribution is -0.127. The smallest absolute Gasteiger partial charge is 0.224 e. The van der Waals surface area contributed by atoms with E-state index in [1.54, 1.807) is 20.4 Å². The number of aromatic nitrogens is 1. The molecule has 2 aromatic rings. The molecule has 0 radical (unpaired) electrons. The van der Waals surface area contributed by atoms with Crippen LogP contribution in [0.15, 0.2) is 36.5 Å². The molecule has 1 N–H and O–H groups in total. The number of nitrogens with zero attached hydrogens (tertiary/aromatic N) is 3. The van der Waals surface area contributed by atoms with Gasteiger partial charge in [0.1, 0.15) is 5.75 Å². The van der Waals surface area contributed by atoms with Gasteiger partial charge >= 0.3 is 0 Å². The SMILES string of the molecule is COc1ccc(CN2C[C@@H](COc3ccc(C)nc3)C[C@@H](C(=O)NCCC3CCCN3C)C2)cc1OC. The van der Waals surface area contributed by atoms with E-state index in [-0.39, 0.29) is 17.7 Å². The number of amides is 1. The number of hydrogen-bond acceptors (Lipinski definition) is 7. The van der Waals surface area contributed by atoms with E-state index in [0.717, 1.165) is 68.3 Å². The van der Waals surface area contributed by atoms with Crippen molar-refractivity contribution in [2.45, 2.75) is 45.2 Å². The van der Waals surface area contributed by atoms with E-state index in [1.165, 1.54) is 12.8 Å². The minimum atomic E-state index is -0.0695. The summed E-state index contributed by atoms with van der Waals surface area (Å²) in [5, 5.41) is 3.24. The number of rotatable bonds is 11. The molecule has 3 heterocycles. The number of piperidine rings is 1. The molecule has 3 atom stereocenters. The van der Waals surface area contributed by atoms with E-state index >= 15 is 0 Å². The van der Waals surface area contributed by atoms with Gasteiger partial charge in [-0.1, -0.05) is 6.07 Å². The van der Waals surface area contributed by atoms with Gasteiger partial charge in [0.25, 0.3) is 0 Å². The maximum atomic E-state index is 13.3. The average molecular weight is 511 g/mol. The van der Waals surface area contributed by atoms with Crippen LogP contribution in [0.2, 0.25) is 0 Å². The molecule has 0 saturated carbocycles. The third-order valence-corrected chi connectivity index (χ3v) is 7.66. The zero-order valence-electron chi connectivity index (χ0n) is 22.7. The van der Waals surface area contributed by atoms with Crippen LogP contribution in [0.4, 0.5) is 0 Å². The number of nitrogens with one attached hydrogen (secondary N) is 1. The van der Waals surface area contributed by atoms with Crippen LogP contribution in [0.5, 0.6) is 17.2 Å². The summed E-state index contributed by atoms with van der Waals surface area (Å²) in [6.45, 7) is 6.74. The highest BCUT2D eigenvalue weighted by molar-refractivity contribution is 5.79. The fourth-order valence-electron chi connectivity index (χ4n) is 5.58. The molecular formula is C29H42N4O4. The van der Waals surface area contributed by atoms with Gasteiger partial charge in [0.2, 0.25) is 5.91 Å². The number of likely N-dealkylation sites (tertiary alicyclic amines) is 2. The summed E-state index contributed by atoms with van der Waals surface area (Å²) in [6, 6.07) is 10.5. The zero-order chi connectivity index (χ0) is 26.2. The first-order valence-electron chi connectivity index (χ1n) is 13.4. The van der Waals surface area contributed by atoms with Crippen LogP contribution >= 0.6 is 0 Å². The van der Waals surface area contributed by atoms with E-state index in [9.17, 15) is 4.79 Å². The summed E-state index contributed by atoms with van der Waals surface area (Å²) in [6.07, 6.45) is 6.07. The molecule has 0 spiro atoms. The minimum Gasteiger partial charge on any atom is -0.493 e. The van der Waals surface area contributed by atoms with Crippen molar-refractivity contribution in [2.75, 3.05) is 54.1 Å². The summed E-state index contributed by atoms with van der Waals surface area (Å²) in [7, 11) is 5.48. The van der Waals surface area contributed by atoms with Crippen LogP contribution in [0, 0.1) is 18.8 Å². The number of carbonyl (C=O) groups is 1. The van der Waals surface area contributed by atoms with Crippen LogP contribution in [-0.2, 0) is 11.3 Å². The highest BCUT2D eigenvalue weighted by Crippen LogP contribution is 2.30. The van der Waals surface area contributed by atoms with Gasteiger partial charge in [-0.15, -0.1) is 0 Å². The fourth-order valence-corrected chi connectivity index (χ4v) is 5.58. The molecule has 37 heavy (non-hydrogen) atoms. The largest absolute Gasteiger partial charge is 0.493 e. The Morgan fingerprint density at radius 3 is 2.68 bits per heavy atom. The van der Waals surface area contributed by atoms with E-state index in [1.807, 2.05) is 31.2 Å². The van der Waals surface area contributed by atoms with Gasteiger partial charge in [-0.05, 0) is 76.0 Å². The van der Waals surface area contributed by atoms with Crippen molar-refractivity contribution in [1.29, 1.82) is 0 Å². The lowest BCUT2D eigenvalue weighted by Gasteiger charge is -2.37. The molecule has 0 bridgehead atoms. The predicted molar refractivity (Wildman–Crippen MR) is 144 cm³/mol. The third kappa shape index (κ3) is 7.58. The monoisotopic (exact) mass is 510 g/mol. The second-order valence-corrected chi connectivity index (χ2v) is 10.5. The Morgan fingerprint density at radius 2 is 1.97 bits per heavy atom. The first-order chi connectivity index (χ1) is 17.9. The third-order valence-electron chi connectivity index (χ3n) is 7.66. The van der Waals surface area contributed by atoms with Gasteiger partial charge in [-0.25, -0.2) is 0 Å². The van der Waals surface area contributed by atoms with Crippen molar-refractivity contribution in [2.24, 2.45) is 11.8 Å². The Kier molecular flexibility index (Phi) is 9.63. The van der Waals surface area contributed by atoms with Crippen LogP contribution in [0.25, 0.3) is 0 Å². The number of aryl methyl sites for hydroxylation is 1. The molecule has 1 aromatic carbocycles. The highest BCUT2D eigenvalue weighted by atomic mass is 16.5. The Labute approximate surface area is 221 Å². The Hall–Kier alpha value is -2.84. The molecule has 1 unspecified atom stereocenters. The van der Waals surface area contributed by atoms with E-state index in [0.29, 0.717) is 18.4 Å². The van der Waals surface area contributed by atoms with Crippen molar-refractivity contribution < 1.29 is 19.0 Å². The van der Waals surface area contributed by atoms with Crippen LogP contribution in [-0.4, -0.2) is 80.8 Å². The molecule has 1 amide bonds. The van der Waals surface area contributed by atoms with Crippen LogP contribution in [0.3, 0.4) is 0 Å². The Bertz CT molecular complexity index is 1020. The van der Waals surface area contributed by atoms with Crippen molar-refractivity contribution in [3.63, 3.8) is 0 Å². The van der Waals surface area contributed by atoms with E-state index in [4.69, 9.17) is 14.2 Å². The topological polar surface area (TPSA) is 76.2 Å². The molecule has 2 aliphatic rings. The number of methoxy groups -OCH3 is 2. The van der Waals surface area contributed by atoms with Crippen molar-refractivity contribution in [3.8, 4) is 17.2 Å². The molecule has 8 heteroatoms. The number of benzene rings is 1. The predicted octanol–water partition coefficient (Wildman–Crippen LogP) is 3.52. The van der Waals surface area contributed by atoms with Crippen LogP contribution in [0.1, 0.15) is 36.9 Å². The van der Waals surface area contributed by atoms with Crippen molar-refractivity contribution in [3.05, 3.63) is 47.8 Å². The van der Waals surface area contributed by atoms with Gasteiger partial charge in [0.15, 0.2) is 11.5 Å². The highest BCUT2D eigenvalue weighted by Gasteiger charge is 2.32. The van der Waals surface area contributed by atoms with E-state index < -0.39 is 0 Å². The molecule has 202 valence electrons. The van der Waals surface area contributed by atoms with Gasteiger partial charge in [0.05, 0.1) is 32.9 Å². The first-order valence-corrected chi connectivity index (χ1v) is 13.4. The number of carbonyl (C=O) groups excluding carboxylic acids is 1. The maximum absolute atomic E-state index is 13.3. The summed E-state index contributed by atoms with van der Waals surface area (Å²) < 4.78 is 17.0. The minimum absolute atomic E-state index is 0.0695. The maximum Gasteiger partial charge on any atom is 0.224 e. The van der Waals surface area contributed by atoms with Crippen molar-refractivity contribution >= 4 is 5.91 Å². The molecule has 1 aromatic heterocycles. The normalized spacial score (nSPS) is 22.5. The zero-order valence-corrected chi connectivity index (χ0v) is 22.7. The van der Waals surface area contributed by atoms with Gasteiger partial charge in [0, 0.05) is 43.8 Å². The second-order valence-electron chi connectivity index (χ2n) is 10.5. The molecule has 2 fully saturated rings. The van der Waals surface area contributed by atoms with Gasteiger partial charge < -0.3 is 24.4 Å². The van der Waals surface area contributed by atoms with Crippen molar-refractivity contribution in [1.82, 2.24) is 20.1 Å². The fraction of sp³-hybridized carbons (Fsp3) is 0.586. The quantitative estimate of drug-likeness (QED) is 0.496. The molecular weight excluding hydrogens is 468 g/mol. The molecule has 2 aliphatic heterocycles. The average Bonchev–Trinajstić information content (AvgIpc) is 3.32. The molecule has 2 saturated heterocycles. The molecule has 8 nitrogen and oxygen atoms in total. The standard InChI is InChI=1S/C29H42N4O4/c1-21-7-9-26(16-31-21)37-20-23-14-24(29(34)30-12-11-25-6-5-13-32(25)2)19-33(18-23)17-22-8-10-27(35-3)28(15-22)36-4/h7-10,15-16,23-25H,5-6,11-14,17-20H2,1-4H3,(H,30,34)/t23-,24+,25?/m0/s1. The van der Waals surface area contributed by atoms with E-state index in [2.05, 4.69) is 33.2 Å². The lowest BCUT2D eigenvalue weighted by atomic mass is 9.88. The summed E-state index contributed by atoms with van der Waals surface area (Å²) >= 11 is 0.